The number of piperidine rings is 1. The highest BCUT2D eigenvalue weighted by Crippen LogP contribution is 2.35. The molecule has 18 heavy (non-hydrogen) atoms. The normalized spacial score (nSPS) is 33.7. The first-order chi connectivity index (χ1) is 8.86. The second-order valence-electron chi connectivity index (χ2n) is 6.96. The summed E-state index contributed by atoms with van der Waals surface area (Å²) >= 11 is 0. The molecule has 2 nitrogen and oxygen atoms in total. The smallest absolute Gasteiger partial charge is 0.0196 e. The Morgan fingerprint density at radius 3 is 2.28 bits per heavy atom. The molecule has 1 spiro atoms. The maximum atomic E-state index is 3.99. The molecular weight excluding hydrogens is 220 g/mol. The fraction of sp³-hybridized carbons (Fsp3) is 1.00. The van der Waals surface area contributed by atoms with E-state index in [0.29, 0.717) is 5.54 Å². The maximum Gasteiger partial charge on any atom is 0.0196 e. The van der Waals surface area contributed by atoms with E-state index in [0.717, 1.165) is 12.1 Å². The molecule has 0 bridgehead atoms. The topological polar surface area (TPSA) is 24.1 Å². The highest BCUT2D eigenvalue weighted by Gasteiger charge is 2.37. The fourth-order valence-corrected chi connectivity index (χ4v) is 4.51. The minimum absolute atomic E-state index is 0.517. The summed E-state index contributed by atoms with van der Waals surface area (Å²) in [5.74, 6) is 0. The average molecular weight is 250 g/mol. The zero-order valence-electron chi connectivity index (χ0n) is 11.8. The minimum atomic E-state index is 0.517. The van der Waals surface area contributed by atoms with Crippen molar-refractivity contribution in [3.8, 4) is 0 Å². The van der Waals surface area contributed by atoms with Crippen LogP contribution in [0.15, 0.2) is 0 Å². The van der Waals surface area contributed by atoms with Gasteiger partial charge in [0.2, 0.25) is 0 Å². The Bertz CT molecular complexity index is 246. The van der Waals surface area contributed by atoms with Gasteiger partial charge in [-0.2, -0.15) is 0 Å². The Labute approximate surface area is 112 Å². The third kappa shape index (κ3) is 3.08. The zero-order valence-corrected chi connectivity index (χ0v) is 11.8. The Balaban J connectivity index is 1.52. The van der Waals surface area contributed by atoms with Crippen molar-refractivity contribution >= 4 is 0 Å². The molecule has 1 heterocycles. The summed E-state index contributed by atoms with van der Waals surface area (Å²) in [5.41, 5.74) is 0.517. The molecule has 1 atom stereocenters. The van der Waals surface area contributed by atoms with E-state index in [1.807, 2.05) is 0 Å². The van der Waals surface area contributed by atoms with Gasteiger partial charge in [0.05, 0.1) is 0 Å². The van der Waals surface area contributed by atoms with Gasteiger partial charge in [-0.15, -0.1) is 0 Å². The van der Waals surface area contributed by atoms with Crippen molar-refractivity contribution < 1.29 is 0 Å². The van der Waals surface area contributed by atoms with E-state index in [1.165, 1.54) is 83.6 Å². The number of hydrogen-bond acceptors (Lipinski definition) is 2. The third-order valence-corrected chi connectivity index (χ3v) is 5.52. The van der Waals surface area contributed by atoms with E-state index in [9.17, 15) is 0 Å². The first-order valence-corrected chi connectivity index (χ1v) is 8.37. The number of hydrogen-bond donors (Lipinski definition) is 2. The molecule has 3 rings (SSSR count). The largest absolute Gasteiger partial charge is 0.311 e. The van der Waals surface area contributed by atoms with Gasteiger partial charge in [0, 0.05) is 17.6 Å². The van der Waals surface area contributed by atoms with Crippen LogP contribution in [0.3, 0.4) is 0 Å². The van der Waals surface area contributed by atoms with Crippen molar-refractivity contribution in [1.29, 1.82) is 0 Å². The molecule has 1 saturated heterocycles. The zero-order chi connectivity index (χ0) is 12.3. The monoisotopic (exact) mass is 250 g/mol. The molecule has 1 aliphatic heterocycles. The average Bonchev–Trinajstić information content (AvgIpc) is 2.41. The van der Waals surface area contributed by atoms with Crippen LogP contribution in [0.2, 0.25) is 0 Å². The fourth-order valence-electron chi connectivity index (χ4n) is 4.51. The predicted octanol–water partition coefficient (Wildman–Crippen LogP) is 3.36. The Hall–Kier alpha value is -0.0800. The Morgan fingerprint density at radius 1 is 0.778 bits per heavy atom. The molecule has 2 heteroatoms. The minimum Gasteiger partial charge on any atom is -0.311 e. The van der Waals surface area contributed by atoms with Crippen LogP contribution in [0, 0.1) is 0 Å². The van der Waals surface area contributed by atoms with Crippen LogP contribution in [0.5, 0.6) is 0 Å². The second-order valence-corrected chi connectivity index (χ2v) is 6.96. The predicted molar refractivity (Wildman–Crippen MR) is 76.8 cm³/mol. The van der Waals surface area contributed by atoms with Crippen molar-refractivity contribution in [1.82, 2.24) is 10.6 Å². The van der Waals surface area contributed by atoms with E-state index in [2.05, 4.69) is 10.6 Å². The number of nitrogens with one attached hydrogen (secondary N) is 2. The highest BCUT2D eigenvalue weighted by atomic mass is 15.0. The molecule has 0 aromatic carbocycles. The maximum absolute atomic E-state index is 3.99. The molecule has 0 amide bonds. The third-order valence-electron chi connectivity index (χ3n) is 5.52. The standard InChI is InChI=1S/C16H30N2/c1-3-7-14(8-4-1)18-15-9-12-17-16(13-15)10-5-2-6-11-16/h14-15,17-18H,1-13H2. The van der Waals surface area contributed by atoms with E-state index >= 15 is 0 Å². The van der Waals surface area contributed by atoms with Crippen LogP contribution in [-0.4, -0.2) is 24.2 Å². The molecule has 0 aromatic rings. The van der Waals surface area contributed by atoms with Gasteiger partial charge in [0.1, 0.15) is 0 Å². The summed E-state index contributed by atoms with van der Waals surface area (Å²) in [4.78, 5) is 0. The van der Waals surface area contributed by atoms with E-state index in [-0.39, 0.29) is 0 Å². The first-order valence-electron chi connectivity index (χ1n) is 8.37. The lowest BCUT2D eigenvalue weighted by Gasteiger charge is -2.46. The van der Waals surface area contributed by atoms with Gasteiger partial charge in [-0.3, -0.25) is 0 Å². The number of rotatable bonds is 2. The van der Waals surface area contributed by atoms with Crippen LogP contribution >= 0.6 is 0 Å². The van der Waals surface area contributed by atoms with Crippen molar-refractivity contribution in [2.24, 2.45) is 0 Å². The molecule has 1 unspecified atom stereocenters. The lowest BCUT2D eigenvalue weighted by atomic mass is 9.74. The highest BCUT2D eigenvalue weighted by molar-refractivity contribution is 4.98. The lowest BCUT2D eigenvalue weighted by molar-refractivity contribution is 0.147. The second kappa shape index (κ2) is 5.92. The van der Waals surface area contributed by atoms with Gasteiger partial charge < -0.3 is 10.6 Å². The SMILES string of the molecule is C1CCC(NC2CCNC3(CCCCC3)C2)CC1. The van der Waals surface area contributed by atoms with Crippen LogP contribution in [0.25, 0.3) is 0 Å². The van der Waals surface area contributed by atoms with Gasteiger partial charge in [0.25, 0.3) is 0 Å². The van der Waals surface area contributed by atoms with E-state index in [1.54, 1.807) is 0 Å². The molecular formula is C16H30N2. The molecule has 0 aromatic heterocycles. The van der Waals surface area contributed by atoms with Crippen LogP contribution in [0.4, 0.5) is 0 Å². The van der Waals surface area contributed by atoms with Crippen LogP contribution in [-0.2, 0) is 0 Å². The Kier molecular flexibility index (Phi) is 4.25. The summed E-state index contributed by atoms with van der Waals surface area (Å²) in [5, 5.41) is 7.85. The molecule has 3 fully saturated rings. The first kappa shape index (κ1) is 12.9. The summed E-state index contributed by atoms with van der Waals surface area (Å²) in [7, 11) is 0. The van der Waals surface area contributed by atoms with Gasteiger partial charge in [-0.25, -0.2) is 0 Å². The lowest BCUT2D eigenvalue weighted by Crippen LogP contribution is -2.57. The van der Waals surface area contributed by atoms with Crippen LogP contribution in [0.1, 0.15) is 77.0 Å². The Morgan fingerprint density at radius 2 is 1.50 bits per heavy atom. The van der Waals surface area contributed by atoms with Crippen molar-refractivity contribution in [3.63, 3.8) is 0 Å². The molecule has 2 N–H and O–H groups in total. The van der Waals surface area contributed by atoms with Gasteiger partial charge in [-0.1, -0.05) is 38.5 Å². The summed E-state index contributed by atoms with van der Waals surface area (Å²) in [6.45, 7) is 1.24. The summed E-state index contributed by atoms with van der Waals surface area (Å²) < 4.78 is 0. The molecule has 2 saturated carbocycles. The van der Waals surface area contributed by atoms with Gasteiger partial charge >= 0.3 is 0 Å². The van der Waals surface area contributed by atoms with Crippen molar-refractivity contribution in [3.05, 3.63) is 0 Å². The van der Waals surface area contributed by atoms with E-state index < -0.39 is 0 Å². The van der Waals surface area contributed by atoms with Gasteiger partial charge in [-0.05, 0) is 45.1 Å². The van der Waals surface area contributed by atoms with E-state index in [4.69, 9.17) is 0 Å². The molecule has 3 aliphatic rings. The van der Waals surface area contributed by atoms with Crippen molar-refractivity contribution in [2.45, 2.75) is 94.7 Å². The summed E-state index contributed by atoms with van der Waals surface area (Å²) in [6.07, 6.45) is 17.2. The quantitative estimate of drug-likeness (QED) is 0.785. The van der Waals surface area contributed by atoms with Crippen LogP contribution < -0.4 is 10.6 Å². The molecule has 0 radical (unpaired) electrons. The van der Waals surface area contributed by atoms with Gasteiger partial charge in [0.15, 0.2) is 0 Å². The van der Waals surface area contributed by atoms with Crippen molar-refractivity contribution in [2.75, 3.05) is 6.54 Å². The summed E-state index contributed by atoms with van der Waals surface area (Å²) in [6, 6.07) is 1.63. The molecule has 104 valence electrons. The molecule has 2 aliphatic carbocycles.